The van der Waals surface area contributed by atoms with Gasteiger partial charge < -0.3 is 9.80 Å². The summed E-state index contributed by atoms with van der Waals surface area (Å²) in [6.45, 7) is 8.07. The lowest BCUT2D eigenvalue weighted by Gasteiger charge is -2.27. The van der Waals surface area contributed by atoms with E-state index < -0.39 is 0 Å². The van der Waals surface area contributed by atoms with Crippen LogP contribution < -0.4 is 9.80 Å². The second-order valence-electron chi connectivity index (χ2n) is 7.09. The zero-order valence-corrected chi connectivity index (χ0v) is 16.0. The Morgan fingerprint density at radius 3 is 2.58 bits per heavy atom. The van der Waals surface area contributed by atoms with Gasteiger partial charge in [-0.1, -0.05) is 30.3 Å². The van der Waals surface area contributed by atoms with Crippen molar-refractivity contribution < 1.29 is 9.59 Å². The minimum absolute atomic E-state index is 0.0404. The molecule has 26 heavy (non-hydrogen) atoms. The zero-order chi connectivity index (χ0) is 18.8. The molecular formula is C22H26N2O2. The SMILES string of the molecule is CC(=O)N(CCC(=O)N1c2ccccc2CC1C)c1cccc(C)c1C. The van der Waals surface area contributed by atoms with Crippen molar-refractivity contribution in [2.45, 2.75) is 46.6 Å². The van der Waals surface area contributed by atoms with Crippen LogP contribution in [0.2, 0.25) is 0 Å². The van der Waals surface area contributed by atoms with Crippen LogP contribution in [0.3, 0.4) is 0 Å². The number of hydrogen-bond donors (Lipinski definition) is 0. The quantitative estimate of drug-likeness (QED) is 0.835. The Morgan fingerprint density at radius 2 is 1.85 bits per heavy atom. The molecule has 2 aromatic rings. The smallest absolute Gasteiger partial charge is 0.229 e. The Hall–Kier alpha value is -2.62. The van der Waals surface area contributed by atoms with E-state index in [2.05, 4.69) is 13.0 Å². The molecule has 4 heteroatoms. The van der Waals surface area contributed by atoms with E-state index >= 15 is 0 Å². The summed E-state index contributed by atoms with van der Waals surface area (Å²) in [4.78, 5) is 28.7. The summed E-state index contributed by atoms with van der Waals surface area (Å²) in [5.74, 6) is 0.0281. The van der Waals surface area contributed by atoms with Crippen molar-refractivity contribution in [2.24, 2.45) is 0 Å². The number of anilines is 2. The average molecular weight is 350 g/mol. The highest BCUT2D eigenvalue weighted by Gasteiger charge is 2.30. The normalized spacial score (nSPS) is 15.7. The van der Waals surface area contributed by atoms with Gasteiger partial charge in [0.15, 0.2) is 0 Å². The maximum absolute atomic E-state index is 12.9. The lowest BCUT2D eigenvalue weighted by atomic mass is 10.1. The standard InChI is InChI=1S/C22H26N2O2/c1-15-8-7-11-20(17(15)3)23(18(4)25)13-12-22(26)24-16(2)14-19-9-5-6-10-21(19)24/h5-11,16H,12-14H2,1-4H3. The zero-order valence-electron chi connectivity index (χ0n) is 16.0. The van der Waals surface area contributed by atoms with Crippen LogP contribution in [-0.2, 0) is 16.0 Å². The van der Waals surface area contributed by atoms with Crippen LogP contribution in [0.15, 0.2) is 42.5 Å². The maximum Gasteiger partial charge on any atom is 0.229 e. The van der Waals surface area contributed by atoms with Gasteiger partial charge in [-0.3, -0.25) is 9.59 Å². The number of fused-ring (bicyclic) bond motifs is 1. The van der Waals surface area contributed by atoms with E-state index in [1.807, 2.05) is 55.1 Å². The summed E-state index contributed by atoms with van der Waals surface area (Å²) in [6.07, 6.45) is 1.20. The van der Waals surface area contributed by atoms with Gasteiger partial charge in [-0.15, -0.1) is 0 Å². The largest absolute Gasteiger partial charge is 0.312 e. The molecular weight excluding hydrogens is 324 g/mol. The highest BCUT2D eigenvalue weighted by molar-refractivity contribution is 5.98. The molecule has 0 fully saturated rings. The summed E-state index contributed by atoms with van der Waals surface area (Å²) in [5, 5.41) is 0. The van der Waals surface area contributed by atoms with Crippen LogP contribution in [0.25, 0.3) is 0 Å². The van der Waals surface area contributed by atoms with Crippen LogP contribution in [0.4, 0.5) is 11.4 Å². The van der Waals surface area contributed by atoms with Gasteiger partial charge in [0.1, 0.15) is 0 Å². The highest BCUT2D eigenvalue weighted by Crippen LogP contribution is 2.32. The first-order valence-corrected chi connectivity index (χ1v) is 9.14. The third kappa shape index (κ3) is 3.36. The number of carbonyl (C=O) groups excluding carboxylic acids is 2. The molecule has 0 spiro atoms. The van der Waals surface area contributed by atoms with E-state index in [1.165, 1.54) is 5.56 Å². The van der Waals surface area contributed by atoms with E-state index in [1.54, 1.807) is 11.8 Å². The highest BCUT2D eigenvalue weighted by atomic mass is 16.2. The second-order valence-corrected chi connectivity index (χ2v) is 7.09. The minimum Gasteiger partial charge on any atom is -0.312 e. The molecule has 1 aliphatic rings. The molecule has 0 aromatic heterocycles. The fourth-order valence-corrected chi connectivity index (χ4v) is 3.75. The topological polar surface area (TPSA) is 40.6 Å². The van der Waals surface area contributed by atoms with Gasteiger partial charge in [-0.2, -0.15) is 0 Å². The van der Waals surface area contributed by atoms with Gasteiger partial charge in [0.2, 0.25) is 11.8 Å². The number of para-hydroxylation sites is 1. The Bertz CT molecular complexity index is 844. The molecule has 0 radical (unpaired) electrons. The molecule has 2 aromatic carbocycles. The monoisotopic (exact) mass is 350 g/mol. The maximum atomic E-state index is 12.9. The van der Waals surface area contributed by atoms with Crippen LogP contribution in [0, 0.1) is 13.8 Å². The summed E-state index contributed by atoms with van der Waals surface area (Å²) in [6, 6.07) is 14.2. The first-order chi connectivity index (χ1) is 12.4. The predicted octanol–water partition coefficient (Wildman–Crippen LogP) is 4.02. The lowest BCUT2D eigenvalue weighted by Crippen LogP contribution is -2.39. The summed E-state index contributed by atoms with van der Waals surface area (Å²) in [7, 11) is 0. The molecule has 1 heterocycles. The third-order valence-corrected chi connectivity index (χ3v) is 5.27. The molecule has 1 unspecified atom stereocenters. The molecule has 1 aliphatic heterocycles. The summed E-state index contributed by atoms with van der Waals surface area (Å²) in [5.41, 5.74) is 5.33. The molecule has 0 aliphatic carbocycles. The van der Waals surface area contributed by atoms with Crippen LogP contribution in [0.1, 0.15) is 37.0 Å². The first kappa shape index (κ1) is 18.2. The Morgan fingerprint density at radius 1 is 1.12 bits per heavy atom. The van der Waals surface area contributed by atoms with Gasteiger partial charge in [0, 0.05) is 37.3 Å². The number of amides is 2. The number of hydrogen-bond acceptors (Lipinski definition) is 2. The van der Waals surface area contributed by atoms with Gasteiger partial charge in [0.05, 0.1) is 0 Å². The molecule has 4 nitrogen and oxygen atoms in total. The van der Waals surface area contributed by atoms with E-state index in [0.29, 0.717) is 13.0 Å². The van der Waals surface area contributed by atoms with Gasteiger partial charge >= 0.3 is 0 Å². The van der Waals surface area contributed by atoms with Gasteiger partial charge in [0.25, 0.3) is 0 Å². The van der Waals surface area contributed by atoms with E-state index in [4.69, 9.17) is 0 Å². The number of rotatable bonds is 4. The molecule has 3 rings (SSSR count). The Kier molecular flexibility index (Phi) is 5.12. The van der Waals surface area contributed by atoms with Gasteiger partial charge in [-0.25, -0.2) is 0 Å². The molecule has 0 bridgehead atoms. The molecule has 0 N–H and O–H groups in total. The van der Waals surface area contributed by atoms with Crippen molar-refractivity contribution in [3.05, 3.63) is 59.2 Å². The molecule has 0 saturated carbocycles. The van der Waals surface area contributed by atoms with Crippen molar-refractivity contribution in [2.75, 3.05) is 16.3 Å². The predicted molar refractivity (Wildman–Crippen MR) is 106 cm³/mol. The van der Waals surface area contributed by atoms with Crippen molar-refractivity contribution >= 4 is 23.2 Å². The van der Waals surface area contributed by atoms with E-state index in [9.17, 15) is 9.59 Å². The number of nitrogens with zero attached hydrogens (tertiary/aromatic N) is 2. The first-order valence-electron chi connectivity index (χ1n) is 9.14. The van der Waals surface area contributed by atoms with Crippen molar-refractivity contribution in [1.82, 2.24) is 0 Å². The van der Waals surface area contributed by atoms with E-state index in [0.717, 1.165) is 28.9 Å². The molecule has 2 amide bonds. The minimum atomic E-state index is -0.0404. The van der Waals surface area contributed by atoms with Crippen LogP contribution in [-0.4, -0.2) is 24.4 Å². The molecule has 0 saturated heterocycles. The molecule has 136 valence electrons. The fourth-order valence-electron chi connectivity index (χ4n) is 3.75. The van der Waals surface area contributed by atoms with Crippen LogP contribution in [0.5, 0.6) is 0 Å². The number of carbonyl (C=O) groups is 2. The fraction of sp³-hybridized carbons (Fsp3) is 0.364. The third-order valence-electron chi connectivity index (χ3n) is 5.27. The lowest BCUT2D eigenvalue weighted by molar-refractivity contribution is -0.119. The van der Waals surface area contributed by atoms with Crippen LogP contribution >= 0.6 is 0 Å². The van der Waals surface area contributed by atoms with Crippen molar-refractivity contribution in [1.29, 1.82) is 0 Å². The van der Waals surface area contributed by atoms with Crippen molar-refractivity contribution in [3.8, 4) is 0 Å². The van der Waals surface area contributed by atoms with Gasteiger partial charge in [-0.05, 0) is 56.0 Å². The summed E-state index contributed by atoms with van der Waals surface area (Å²) >= 11 is 0. The summed E-state index contributed by atoms with van der Waals surface area (Å²) < 4.78 is 0. The van der Waals surface area contributed by atoms with Crippen molar-refractivity contribution in [3.63, 3.8) is 0 Å². The average Bonchev–Trinajstić information content (AvgIpc) is 2.94. The number of aryl methyl sites for hydroxylation is 1. The van der Waals surface area contributed by atoms with E-state index in [-0.39, 0.29) is 17.9 Å². The molecule has 1 atom stereocenters. The number of benzene rings is 2. The second kappa shape index (κ2) is 7.32. The Labute approximate surface area is 155 Å². The Balaban J connectivity index is 1.77.